The molecule has 0 unspecified atom stereocenters. The zero-order valence-corrected chi connectivity index (χ0v) is 13.9. The third-order valence-corrected chi connectivity index (χ3v) is 3.65. The summed E-state index contributed by atoms with van der Waals surface area (Å²) in [6.45, 7) is 3.40. The maximum absolute atomic E-state index is 5.68. The second kappa shape index (κ2) is 7.75. The van der Waals surface area contributed by atoms with Crippen molar-refractivity contribution in [1.29, 1.82) is 0 Å². The lowest BCUT2D eigenvalue weighted by Gasteiger charge is -2.08. The molecule has 3 rings (SSSR count). The molecule has 2 aromatic heterocycles. The van der Waals surface area contributed by atoms with Gasteiger partial charge in [0.25, 0.3) is 0 Å². The smallest absolute Gasteiger partial charge is 0.153 e. The maximum Gasteiger partial charge on any atom is 0.153 e. The van der Waals surface area contributed by atoms with Crippen molar-refractivity contribution in [1.82, 2.24) is 14.8 Å². The molecular weight excluding hydrogens is 300 g/mol. The van der Waals surface area contributed by atoms with Gasteiger partial charge in [0.1, 0.15) is 5.75 Å². The van der Waals surface area contributed by atoms with Gasteiger partial charge in [-0.05, 0) is 55.4 Å². The monoisotopic (exact) mass is 322 g/mol. The molecule has 2 heterocycles. The molecule has 0 saturated carbocycles. The highest BCUT2D eigenvalue weighted by Gasteiger charge is 2.12. The molecule has 5 nitrogen and oxygen atoms in total. The number of pyridine rings is 1. The van der Waals surface area contributed by atoms with E-state index in [0.717, 1.165) is 48.0 Å². The summed E-state index contributed by atoms with van der Waals surface area (Å²) in [6, 6.07) is 15.9. The van der Waals surface area contributed by atoms with Crippen LogP contribution < -0.4 is 10.5 Å². The van der Waals surface area contributed by atoms with Crippen molar-refractivity contribution in [3.63, 3.8) is 0 Å². The molecule has 1 aromatic carbocycles. The number of aromatic nitrogens is 3. The van der Waals surface area contributed by atoms with Gasteiger partial charge in [-0.2, -0.15) is 5.10 Å². The summed E-state index contributed by atoms with van der Waals surface area (Å²) in [6.07, 6.45) is 3.51. The highest BCUT2D eigenvalue weighted by Crippen LogP contribution is 2.25. The van der Waals surface area contributed by atoms with Crippen molar-refractivity contribution in [3.8, 4) is 22.8 Å². The summed E-state index contributed by atoms with van der Waals surface area (Å²) in [5.41, 5.74) is 8.71. The molecule has 0 aliphatic rings. The van der Waals surface area contributed by atoms with E-state index in [1.807, 2.05) is 47.1 Å². The molecule has 2 N–H and O–H groups in total. The van der Waals surface area contributed by atoms with E-state index in [1.54, 1.807) is 6.20 Å². The predicted octanol–water partition coefficient (Wildman–Crippen LogP) is 3.22. The van der Waals surface area contributed by atoms with Gasteiger partial charge in [-0.1, -0.05) is 13.0 Å². The summed E-state index contributed by atoms with van der Waals surface area (Å²) in [7, 11) is 0. The van der Waals surface area contributed by atoms with Crippen LogP contribution in [0.2, 0.25) is 0 Å². The average Bonchev–Trinajstić information content (AvgIpc) is 3.05. The zero-order valence-electron chi connectivity index (χ0n) is 13.9. The van der Waals surface area contributed by atoms with E-state index >= 15 is 0 Å². The van der Waals surface area contributed by atoms with Gasteiger partial charge >= 0.3 is 0 Å². The lowest BCUT2D eigenvalue weighted by atomic mass is 10.1. The van der Waals surface area contributed by atoms with Crippen molar-refractivity contribution in [2.45, 2.75) is 19.8 Å². The molecule has 0 aliphatic carbocycles. The van der Waals surface area contributed by atoms with Gasteiger partial charge in [0.2, 0.25) is 0 Å². The van der Waals surface area contributed by atoms with Crippen molar-refractivity contribution >= 4 is 0 Å². The molecule has 0 spiro atoms. The average molecular weight is 322 g/mol. The Hall–Kier alpha value is -2.66. The molecular formula is C19H22N4O. The van der Waals surface area contributed by atoms with Crippen LogP contribution in [0.25, 0.3) is 17.1 Å². The van der Waals surface area contributed by atoms with Crippen LogP contribution in [-0.2, 0) is 6.42 Å². The number of nitrogens with zero attached hydrogens (tertiary/aromatic N) is 3. The standard InChI is InChI=1S/C19H22N4O/c1-2-13-24-17-8-6-15(7-9-17)18-14-16(10-11-20)22-23(18)19-5-3-4-12-21-19/h3-9,12,14H,2,10-11,13,20H2,1H3. The fraction of sp³-hybridized carbons (Fsp3) is 0.263. The van der Waals surface area contributed by atoms with E-state index in [2.05, 4.69) is 23.1 Å². The Morgan fingerprint density at radius 2 is 1.96 bits per heavy atom. The van der Waals surface area contributed by atoms with E-state index in [1.165, 1.54) is 0 Å². The van der Waals surface area contributed by atoms with Crippen molar-refractivity contribution < 1.29 is 4.74 Å². The van der Waals surface area contributed by atoms with Crippen LogP contribution in [0.3, 0.4) is 0 Å². The summed E-state index contributed by atoms with van der Waals surface area (Å²) in [5, 5.41) is 4.66. The van der Waals surface area contributed by atoms with E-state index in [0.29, 0.717) is 6.54 Å². The van der Waals surface area contributed by atoms with Gasteiger partial charge in [0, 0.05) is 18.2 Å². The van der Waals surface area contributed by atoms with Gasteiger partial charge in [-0.25, -0.2) is 9.67 Å². The number of rotatable bonds is 7. The van der Waals surface area contributed by atoms with Gasteiger partial charge in [0.05, 0.1) is 18.0 Å². The fourth-order valence-corrected chi connectivity index (χ4v) is 2.50. The Morgan fingerprint density at radius 1 is 1.12 bits per heavy atom. The summed E-state index contributed by atoms with van der Waals surface area (Å²) in [4.78, 5) is 4.41. The second-order valence-corrected chi connectivity index (χ2v) is 5.53. The van der Waals surface area contributed by atoms with Crippen LogP contribution in [0, 0.1) is 0 Å². The van der Waals surface area contributed by atoms with Crippen LogP contribution in [-0.4, -0.2) is 27.9 Å². The quantitative estimate of drug-likeness (QED) is 0.725. The number of ether oxygens (including phenoxy) is 1. The molecule has 24 heavy (non-hydrogen) atoms. The molecule has 124 valence electrons. The fourth-order valence-electron chi connectivity index (χ4n) is 2.50. The molecule has 0 amide bonds. The Balaban J connectivity index is 1.97. The van der Waals surface area contributed by atoms with Crippen LogP contribution in [0.1, 0.15) is 19.0 Å². The highest BCUT2D eigenvalue weighted by molar-refractivity contribution is 5.63. The first kappa shape index (κ1) is 16.2. The second-order valence-electron chi connectivity index (χ2n) is 5.53. The van der Waals surface area contributed by atoms with Crippen LogP contribution in [0.4, 0.5) is 0 Å². The van der Waals surface area contributed by atoms with Gasteiger partial charge < -0.3 is 10.5 Å². The third kappa shape index (κ3) is 3.63. The van der Waals surface area contributed by atoms with Crippen LogP contribution in [0.5, 0.6) is 5.75 Å². The number of hydrogen-bond acceptors (Lipinski definition) is 4. The zero-order chi connectivity index (χ0) is 16.8. The van der Waals surface area contributed by atoms with E-state index < -0.39 is 0 Å². The Bertz CT molecular complexity index is 766. The number of nitrogens with two attached hydrogens (primary N) is 1. The summed E-state index contributed by atoms with van der Waals surface area (Å²) in [5.74, 6) is 1.67. The topological polar surface area (TPSA) is 66.0 Å². The van der Waals surface area contributed by atoms with Crippen LogP contribution >= 0.6 is 0 Å². The lowest BCUT2D eigenvalue weighted by Crippen LogP contribution is -2.05. The van der Waals surface area contributed by atoms with Gasteiger partial charge in [-0.3, -0.25) is 0 Å². The molecule has 0 aliphatic heterocycles. The van der Waals surface area contributed by atoms with E-state index in [9.17, 15) is 0 Å². The van der Waals surface area contributed by atoms with Crippen LogP contribution in [0.15, 0.2) is 54.7 Å². The minimum absolute atomic E-state index is 0.572. The first-order valence-corrected chi connectivity index (χ1v) is 8.25. The molecule has 0 radical (unpaired) electrons. The van der Waals surface area contributed by atoms with E-state index in [4.69, 9.17) is 10.5 Å². The number of benzene rings is 1. The SMILES string of the molecule is CCCOc1ccc(-c2cc(CCN)nn2-c2ccccn2)cc1. The predicted molar refractivity (Wildman–Crippen MR) is 95.3 cm³/mol. The largest absolute Gasteiger partial charge is 0.494 e. The van der Waals surface area contributed by atoms with E-state index in [-0.39, 0.29) is 0 Å². The van der Waals surface area contributed by atoms with Crippen molar-refractivity contribution in [2.24, 2.45) is 5.73 Å². The molecule has 0 bridgehead atoms. The maximum atomic E-state index is 5.68. The van der Waals surface area contributed by atoms with Crippen molar-refractivity contribution in [2.75, 3.05) is 13.2 Å². The molecule has 0 fully saturated rings. The summed E-state index contributed by atoms with van der Waals surface area (Å²) >= 11 is 0. The van der Waals surface area contributed by atoms with Gasteiger partial charge in [-0.15, -0.1) is 0 Å². The molecule has 0 atom stereocenters. The Kier molecular flexibility index (Phi) is 5.23. The summed E-state index contributed by atoms with van der Waals surface area (Å²) < 4.78 is 7.52. The lowest BCUT2D eigenvalue weighted by molar-refractivity contribution is 0.317. The Labute approximate surface area is 142 Å². The van der Waals surface area contributed by atoms with Gasteiger partial charge in [0.15, 0.2) is 5.82 Å². The highest BCUT2D eigenvalue weighted by atomic mass is 16.5. The van der Waals surface area contributed by atoms with Crippen molar-refractivity contribution in [3.05, 3.63) is 60.4 Å². The first-order valence-electron chi connectivity index (χ1n) is 8.25. The molecule has 3 aromatic rings. The molecule has 0 saturated heterocycles. The third-order valence-electron chi connectivity index (χ3n) is 3.65. The molecule has 5 heteroatoms. The minimum Gasteiger partial charge on any atom is -0.494 e. The number of hydrogen-bond donors (Lipinski definition) is 1. The first-order chi connectivity index (χ1) is 11.8. The minimum atomic E-state index is 0.572. The Morgan fingerprint density at radius 3 is 2.62 bits per heavy atom. The normalized spacial score (nSPS) is 10.8.